The molecule has 6 heteroatoms. The highest BCUT2D eigenvalue weighted by Gasteiger charge is 2.09. The van der Waals surface area contributed by atoms with E-state index in [1.54, 1.807) is 19.1 Å². The first-order chi connectivity index (χ1) is 13.2. The van der Waals surface area contributed by atoms with Gasteiger partial charge in [0.15, 0.2) is 5.82 Å². The predicted octanol–water partition coefficient (Wildman–Crippen LogP) is 3.69. The number of hydrogen-bond donors (Lipinski definition) is 1. The lowest BCUT2D eigenvalue weighted by Gasteiger charge is -2.23. The SMILES string of the molecule is CCN(CCCNC(=O)c1ccc(-c2nc(C)no2)cc1)c1ccccc1. The van der Waals surface area contributed by atoms with Crippen LogP contribution in [0.2, 0.25) is 0 Å². The molecule has 0 spiro atoms. The maximum Gasteiger partial charge on any atom is 0.257 e. The van der Waals surface area contributed by atoms with Crippen LogP contribution in [-0.2, 0) is 0 Å². The average molecular weight is 364 g/mol. The summed E-state index contributed by atoms with van der Waals surface area (Å²) in [5, 5.41) is 6.75. The van der Waals surface area contributed by atoms with Crippen molar-refractivity contribution in [2.24, 2.45) is 0 Å². The summed E-state index contributed by atoms with van der Waals surface area (Å²) in [6.45, 7) is 6.38. The van der Waals surface area contributed by atoms with Gasteiger partial charge in [0.1, 0.15) is 0 Å². The van der Waals surface area contributed by atoms with Gasteiger partial charge in [-0.25, -0.2) is 0 Å². The Balaban J connectivity index is 1.48. The van der Waals surface area contributed by atoms with Crippen LogP contribution < -0.4 is 10.2 Å². The molecule has 140 valence electrons. The monoisotopic (exact) mass is 364 g/mol. The van der Waals surface area contributed by atoms with Gasteiger partial charge in [0.25, 0.3) is 11.8 Å². The second kappa shape index (κ2) is 8.98. The Hall–Kier alpha value is -3.15. The number of para-hydroxylation sites is 1. The zero-order chi connectivity index (χ0) is 19.1. The molecular formula is C21H24N4O2. The first-order valence-electron chi connectivity index (χ1n) is 9.16. The van der Waals surface area contributed by atoms with Crippen molar-refractivity contribution in [2.45, 2.75) is 20.3 Å². The van der Waals surface area contributed by atoms with Gasteiger partial charge in [-0.3, -0.25) is 4.79 Å². The van der Waals surface area contributed by atoms with Crippen molar-refractivity contribution in [3.05, 3.63) is 66.0 Å². The van der Waals surface area contributed by atoms with Crippen molar-refractivity contribution >= 4 is 11.6 Å². The van der Waals surface area contributed by atoms with Gasteiger partial charge < -0.3 is 14.7 Å². The van der Waals surface area contributed by atoms with Gasteiger partial charge >= 0.3 is 0 Å². The molecule has 0 atom stereocenters. The molecule has 1 aromatic heterocycles. The van der Waals surface area contributed by atoms with E-state index in [0.29, 0.717) is 23.8 Å². The number of aromatic nitrogens is 2. The van der Waals surface area contributed by atoms with Crippen LogP contribution in [0, 0.1) is 6.92 Å². The summed E-state index contributed by atoms with van der Waals surface area (Å²) < 4.78 is 5.13. The summed E-state index contributed by atoms with van der Waals surface area (Å²) in [7, 11) is 0. The number of aryl methyl sites for hydroxylation is 1. The minimum atomic E-state index is -0.0778. The van der Waals surface area contributed by atoms with Crippen LogP contribution in [0.3, 0.4) is 0 Å². The lowest BCUT2D eigenvalue weighted by atomic mass is 10.1. The molecule has 1 heterocycles. The van der Waals surface area contributed by atoms with Crippen molar-refractivity contribution in [3.8, 4) is 11.5 Å². The highest BCUT2D eigenvalue weighted by Crippen LogP contribution is 2.17. The molecule has 3 rings (SSSR count). The standard InChI is InChI=1S/C21H24N4O2/c1-3-25(19-8-5-4-6-9-19)15-7-14-22-20(26)17-10-12-18(13-11-17)21-23-16(2)24-27-21/h4-6,8-13H,3,7,14-15H2,1-2H3,(H,22,26). The Labute approximate surface area is 159 Å². The first-order valence-corrected chi connectivity index (χ1v) is 9.16. The van der Waals surface area contributed by atoms with Gasteiger partial charge in [-0.2, -0.15) is 4.98 Å². The average Bonchev–Trinajstić information content (AvgIpc) is 3.15. The molecule has 1 N–H and O–H groups in total. The largest absolute Gasteiger partial charge is 0.372 e. The van der Waals surface area contributed by atoms with Crippen molar-refractivity contribution in [1.29, 1.82) is 0 Å². The fourth-order valence-electron chi connectivity index (χ4n) is 2.86. The van der Waals surface area contributed by atoms with E-state index in [1.807, 2.05) is 30.3 Å². The third-order valence-electron chi connectivity index (χ3n) is 4.32. The molecule has 0 bridgehead atoms. The second-order valence-electron chi connectivity index (χ2n) is 6.25. The van der Waals surface area contributed by atoms with Crippen LogP contribution in [0.25, 0.3) is 11.5 Å². The first kappa shape index (κ1) is 18.6. The molecule has 1 amide bonds. The van der Waals surface area contributed by atoms with Crippen LogP contribution >= 0.6 is 0 Å². The number of hydrogen-bond acceptors (Lipinski definition) is 5. The maximum absolute atomic E-state index is 12.3. The van der Waals surface area contributed by atoms with E-state index in [-0.39, 0.29) is 5.91 Å². The summed E-state index contributed by atoms with van der Waals surface area (Å²) >= 11 is 0. The number of rotatable bonds is 8. The smallest absolute Gasteiger partial charge is 0.257 e. The summed E-state index contributed by atoms with van der Waals surface area (Å²) in [6, 6.07) is 17.5. The van der Waals surface area contributed by atoms with Crippen LogP contribution in [0.4, 0.5) is 5.69 Å². The number of nitrogens with zero attached hydrogens (tertiary/aromatic N) is 3. The molecule has 0 saturated carbocycles. The quantitative estimate of drug-likeness (QED) is 0.617. The maximum atomic E-state index is 12.3. The molecule has 3 aromatic rings. The highest BCUT2D eigenvalue weighted by molar-refractivity contribution is 5.94. The Kier molecular flexibility index (Phi) is 6.20. The van der Waals surface area contributed by atoms with E-state index in [9.17, 15) is 4.79 Å². The summed E-state index contributed by atoms with van der Waals surface area (Å²) in [5.41, 5.74) is 2.62. The molecule has 0 radical (unpaired) electrons. The zero-order valence-corrected chi connectivity index (χ0v) is 15.7. The number of benzene rings is 2. The van der Waals surface area contributed by atoms with Crippen LogP contribution in [0.1, 0.15) is 29.5 Å². The molecule has 0 aliphatic carbocycles. The van der Waals surface area contributed by atoms with E-state index >= 15 is 0 Å². The molecule has 2 aromatic carbocycles. The highest BCUT2D eigenvalue weighted by atomic mass is 16.5. The van der Waals surface area contributed by atoms with E-state index in [4.69, 9.17) is 4.52 Å². The molecule has 27 heavy (non-hydrogen) atoms. The number of carbonyl (C=O) groups excluding carboxylic acids is 1. The van der Waals surface area contributed by atoms with Crippen molar-refractivity contribution < 1.29 is 9.32 Å². The predicted molar refractivity (Wildman–Crippen MR) is 106 cm³/mol. The Bertz CT molecular complexity index is 859. The summed E-state index contributed by atoms with van der Waals surface area (Å²) in [4.78, 5) is 18.8. The van der Waals surface area contributed by atoms with E-state index < -0.39 is 0 Å². The lowest BCUT2D eigenvalue weighted by Crippen LogP contribution is -2.29. The summed E-state index contributed by atoms with van der Waals surface area (Å²) in [6.07, 6.45) is 0.883. The molecule has 6 nitrogen and oxygen atoms in total. The zero-order valence-electron chi connectivity index (χ0n) is 15.7. The van der Waals surface area contributed by atoms with E-state index in [2.05, 4.69) is 39.4 Å². The van der Waals surface area contributed by atoms with Crippen LogP contribution in [0.5, 0.6) is 0 Å². The molecule has 0 aliphatic heterocycles. The topological polar surface area (TPSA) is 71.3 Å². The minimum absolute atomic E-state index is 0.0778. The van der Waals surface area contributed by atoms with Gasteiger partial charge in [-0.05, 0) is 56.7 Å². The Morgan fingerprint density at radius 2 is 1.85 bits per heavy atom. The van der Waals surface area contributed by atoms with Gasteiger partial charge in [-0.15, -0.1) is 0 Å². The fraction of sp³-hybridized carbons (Fsp3) is 0.286. The number of nitrogens with one attached hydrogen (secondary N) is 1. The number of carbonyl (C=O) groups is 1. The van der Waals surface area contributed by atoms with Crippen molar-refractivity contribution in [2.75, 3.05) is 24.5 Å². The number of amides is 1. The van der Waals surface area contributed by atoms with Gasteiger partial charge in [-0.1, -0.05) is 23.4 Å². The molecular weight excluding hydrogens is 340 g/mol. The Morgan fingerprint density at radius 3 is 2.48 bits per heavy atom. The van der Waals surface area contributed by atoms with Gasteiger partial charge in [0.05, 0.1) is 0 Å². The van der Waals surface area contributed by atoms with Crippen LogP contribution in [0.15, 0.2) is 59.1 Å². The molecule has 0 saturated heterocycles. The molecule has 0 unspecified atom stereocenters. The van der Waals surface area contributed by atoms with Crippen molar-refractivity contribution in [1.82, 2.24) is 15.5 Å². The Morgan fingerprint density at radius 1 is 1.11 bits per heavy atom. The van der Waals surface area contributed by atoms with Crippen LogP contribution in [-0.4, -0.2) is 35.7 Å². The van der Waals surface area contributed by atoms with Gasteiger partial charge in [0.2, 0.25) is 0 Å². The molecule has 0 aliphatic rings. The van der Waals surface area contributed by atoms with Gasteiger partial charge in [0, 0.05) is 36.4 Å². The van der Waals surface area contributed by atoms with E-state index in [1.165, 1.54) is 5.69 Å². The number of anilines is 1. The third kappa shape index (κ3) is 4.94. The fourth-order valence-corrected chi connectivity index (χ4v) is 2.86. The summed E-state index contributed by atoms with van der Waals surface area (Å²) in [5.74, 6) is 0.967. The van der Waals surface area contributed by atoms with E-state index in [0.717, 1.165) is 25.1 Å². The third-order valence-corrected chi connectivity index (χ3v) is 4.32. The lowest BCUT2D eigenvalue weighted by molar-refractivity contribution is 0.0953. The van der Waals surface area contributed by atoms with Crippen molar-refractivity contribution in [3.63, 3.8) is 0 Å². The second-order valence-corrected chi connectivity index (χ2v) is 6.25. The normalized spacial score (nSPS) is 10.6. The minimum Gasteiger partial charge on any atom is -0.372 e. The molecule has 0 fully saturated rings.